The number of hydrogen-bond acceptors (Lipinski definition) is 3. The predicted molar refractivity (Wildman–Crippen MR) is 81.4 cm³/mol. The normalized spacial score (nSPS) is 24.1. The highest BCUT2D eigenvalue weighted by Crippen LogP contribution is 2.27. The van der Waals surface area contributed by atoms with Crippen LogP contribution in [0.15, 0.2) is 28.7 Å². The van der Waals surface area contributed by atoms with Gasteiger partial charge in [0.2, 0.25) is 5.91 Å². The van der Waals surface area contributed by atoms with Gasteiger partial charge in [-0.3, -0.25) is 4.79 Å². The van der Waals surface area contributed by atoms with Gasteiger partial charge in [-0.05, 0) is 49.1 Å². The van der Waals surface area contributed by atoms with E-state index in [4.69, 9.17) is 0 Å². The zero-order valence-corrected chi connectivity index (χ0v) is 13.1. The zero-order chi connectivity index (χ0) is 14.0. The van der Waals surface area contributed by atoms with E-state index in [1.165, 1.54) is 0 Å². The van der Waals surface area contributed by atoms with Crippen molar-refractivity contribution in [3.63, 3.8) is 0 Å². The number of anilines is 1. The van der Waals surface area contributed by atoms with E-state index in [0.29, 0.717) is 13.1 Å². The van der Waals surface area contributed by atoms with Crippen molar-refractivity contribution in [1.82, 2.24) is 10.2 Å². The van der Waals surface area contributed by atoms with Crippen molar-refractivity contribution in [3.8, 4) is 0 Å². The molecule has 1 aliphatic heterocycles. The van der Waals surface area contributed by atoms with E-state index in [1.807, 2.05) is 48.2 Å². The summed E-state index contributed by atoms with van der Waals surface area (Å²) >= 11 is 3.53. The molecule has 1 aliphatic rings. The molecule has 0 aliphatic carbocycles. The summed E-state index contributed by atoms with van der Waals surface area (Å²) in [6.45, 7) is 3.52. The Labute approximate surface area is 122 Å². The fourth-order valence-electron chi connectivity index (χ4n) is 2.40. The van der Waals surface area contributed by atoms with Crippen LogP contribution in [0, 0.1) is 0 Å². The first-order valence-corrected chi connectivity index (χ1v) is 7.25. The van der Waals surface area contributed by atoms with E-state index in [2.05, 4.69) is 28.2 Å². The number of amides is 1. The van der Waals surface area contributed by atoms with Crippen LogP contribution in [0.1, 0.15) is 6.92 Å². The third-order valence-electron chi connectivity index (χ3n) is 3.20. The van der Waals surface area contributed by atoms with Crippen LogP contribution in [0.4, 0.5) is 5.69 Å². The summed E-state index contributed by atoms with van der Waals surface area (Å²) in [5.41, 5.74) is 0.949. The molecule has 1 fully saturated rings. The van der Waals surface area contributed by atoms with Crippen molar-refractivity contribution in [2.45, 2.75) is 19.0 Å². The minimum Gasteiger partial charge on any atom is -0.308 e. The maximum absolute atomic E-state index is 12.6. The topological polar surface area (TPSA) is 35.6 Å². The maximum Gasteiger partial charge on any atom is 0.245 e. The number of benzene rings is 1. The molecule has 5 heteroatoms. The Hall–Kier alpha value is -0.910. The quantitative estimate of drug-likeness (QED) is 0.918. The van der Waals surface area contributed by atoms with E-state index in [-0.39, 0.29) is 18.0 Å². The smallest absolute Gasteiger partial charge is 0.245 e. The Kier molecular flexibility index (Phi) is 4.60. The molecule has 4 nitrogen and oxygen atoms in total. The Balaban J connectivity index is 2.25. The lowest BCUT2D eigenvalue weighted by Crippen LogP contribution is -2.62. The molecule has 19 heavy (non-hydrogen) atoms. The third-order valence-corrected chi connectivity index (χ3v) is 3.87. The van der Waals surface area contributed by atoms with Crippen molar-refractivity contribution < 1.29 is 4.79 Å². The van der Waals surface area contributed by atoms with Crippen LogP contribution in [0.3, 0.4) is 0 Å². The van der Waals surface area contributed by atoms with Gasteiger partial charge in [0.15, 0.2) is 0 Å². The highest BCUT2D eigenvalue weighted by molar-refractivity contribution is 9.10. The Morgan fingerprint density at radius 2 is 2.11 bits per heavy atom. The molecule has 1 saturated heterocycles. The molecule has 1 amide bonds. The number of nitrogens with zero attached hydrogens (tertiary/aromatic N) is 2. The van der Waals surface area contributed by atoms with Crippen LogP contribution in [0.25, 0.3) is 0 Å². The van der Waals surface area contributed by atoms with Crippen molar-refractivity contribution in [2.75, 3.05) is 32.1 Å². The highest BCUT2D eigenvalue weighted by Gasteiger charge is 2.33. The summed E-state index contributed by atoms with van der Waals surface area (Å²) < 4.78 is 0.959. The first-order valence-electron chi connectivity index (χ1n) is 6.45. The molecule has 2 atom stereocenters. The lowest BCUT2D eigenvalue weighted by Gasteiger charge is -2.38. The lowest BCUT2D eigenvalue weighted by molar-refractivity contribution is -0.122. The van der Waals surface area contributed by atoms with Gasteiger partial charge in [0.05, 0.1) is 5.69 Å². The molecule has 0 saturated carbocycles. The lowest BCUT2D eigenvalue weighted by atomic mass is 10.1. The van der Waals surface area contributed by atoms with Gasteiger partial charge >= 0.3 is 0 Å². The minimum atomic E-state index is -0.147. The summed E-state index contributed by atoms with van der Waals surface area (Å²) in [4.78, 5) is 16.5. The monoisotopic (exact) mass is 325 g/mol. The van der Waals surface area contributed by atoms with Crippen molar-refractivity contribution in [1.29, 1.82) is 0 Å². The number of para-hydroxylation sites is 1. The Morgan fingerprint density at radius 3 is 2.74 bits per heavy atom. The zero-order valence-electron chi connectivity index (χ0n) is 11.6. The summed E-state index contributed by atoms with van der Waals surface area (Å²) in [5, 5.41) is 3.37. The molecule has 1 N–H and O–H groups in total. The first kappa shape index (κ1) is 14.5. The van der Waals surface area contributed by atoms with E-state index in [1.54, 1.807) is 0 Å². The molecule has 1 aromatic carbocycles. The SMILES string of the molecule is CC1CN(c2ccccc2Br)C(=O)C(CN(C)C)N1. The number of halogens is 1. The van der Waals surface area contributed by atoms with Crippen LogP contribution < -0.4 is 10.2 Å². The van der Waals surface area contributed by atoms with Crippen LogP contribution in [-0.4, -0.2) is 50.1 Å². The first-order chi connectivity index (χ1) is 8.99. The summed E-state index contributed by atoms with van der Waals surface area (Å²) in [6, 6.07) is 8.01. The van der Waals surface area contributed by atoms with Gasteiger partial charge < -0.3 is 15.1 Å². The van der Waals surface area contributed by atoms with Crippen LogP contribution in [-0.2, 0) is 4.79 Å². The molecule has 1 aromatic rings. The number of carbonyl (C=O) groups is 1. The van der Waals surface area contributed by atoms with E-state index >= 15 is 0 Å². The van der Waals surface area contributed by atoms with Gasteiger partial charge in [-0.1, -0.05) is 12.1 Å². The number of nitrogens with one attached hydrogen (secondary N) is 1. The minimum absolute atomic E-state index is 0.138. The number of likely N-dealkylation sites (N-methyl/N-ethyl adjacent to an activating group) is 1. The summed E-state index contributed by atoms with van der Waals surface area (Å²) in [7, 11) is 3.97. The summed E-state index contributed by atoms with van der Waals surface area (Å²) in [5.74, 6) is 0.138. The predicted octanol–water partition coefficient (Wildman–Crippen LogP) is 1.70. The molecular formula is C14H20BrN3O. The molecule has 1 heterocycles. The molecule has 2 unspecified atom stereocenters. The fraction of sp³-hybridized carbons (Fsp3) is 0.500. The van der Waals surface area contributed by atoms with Gasteiger partial charge in [0.25, 0.3) is 0 Å². The van der Waals surface area contributed by atoms with Gasteiger partial charge in [-0.25, -0.2) is 0 Å². The van der Waals surface area contributed by atoms with Crippen LogP contribution in [0.5, 0.6) is 0 Å². The van der Waals surface area contributed by atoms with Gasteiger partial charge in [0, 0.05) is 23.6 Å². The number of piperazine rings is 1. The molecule has 0 bridgehead atoms. The fourth-order valence-corrected chi connectivity index (χ4v) is 2.90. The van der Waals surface area contributed by atoms with Crippen LogP contribution in [0.2, 0.25) is 0 Å². The van der Waals surface area contributed by atoms with Crippen molar-refractivity contribution >= 4 is 27.5 Å². The number of rotatable bonds is 3. The van der Waals surface area contributed by atoms with Gasteiger partial charge in [-0.2, -0.15) is 0 Å². The van der Waals surface area contributed by atoms with E-state index in [9.17, 15) is 4.79 Å². The molecular weight excluding hydrogens is 306 g/mol. The van der Waals surface area contributed by atoms with Crippen LogP contribution >= 0.6 is 15.9 Å². The van der Waals surface area contributed by atoms with E-state index in [0.717, 1.165) is 10.2 Å². The Bertz CT molecular complexity index is 462. The number of carbonyl (C=O) groups excluding carboxylic acids is 1. The maximum atomic E-state index is 12.6. The molecule has 0 spiro atoms. The highest BCUT2D eigenvalue weighted by atomic mass is 79.9. The largest absolute Gasteiger partial charge is 0.308 e. The van der Waals surface area contributed by atoms with Gasteiger partial charge in [0.1, 0.15) is 6.04 Å². The van der Waals surface area contributed by atoms with Gasteiger partial charge in [-0.15, -0.1) is 0 Å². The second kappa shape index (κ2) is 6.03. The third kappa shape index (κ3) is 3.35. The average Bonchev–Trinajstić information content (AvgIpc) is 2.33. The molecule has 0 aromatic heterocycles. The molecule has 104 valence electrons. The number of hydrogen-bond donors (Lipinski definition) is 1. The van der Waals surface area contributed by atoms with Crippen molar-refractivity contribution in [3.05, 3.63) is 28.7 Å². The van der Waals surface area contributed by atoms with Crippen molar-refractivity contribution in [2.24, 2.45) is 0 Å². The molecule has 2 rings (SSSR count). The molecule has 0 radical (unpaired) electrons. The van der Waals surface area contributed by atoms with E-state index < -0.39 is 0 Å². The summed E-state index contributed by atoms with van der Waals surface area (Å²) in [6.07, 6.45) is 0. The second-order valence-corrected chi connectivity index (χ2v) is 6.14. The Morgan fingerprint density at radius 1 is 1.42 bits per heavy atom. The average molecular weight is 326 g/mol. The standard InChI is InChI=1S/C14H20BrN3O/c1-10-8-18(13-7-5-4-6-11(13)15)14(19)12(16-10)9-17(2)3/h4-7,10,12,16H,8-9H2,1-3H3. The second-order valence-electron chi connectivity index (χ2n) is 5.28.